The SMILES string of the molecule is C=C(C)C(=O)Oc1ccccc1C(CC)(CC)OC(C)(C)C(C)(O)C(F)(F)F. The van der Waals surface area contributed by atoms with Gasteiger partial charge in [0.25, 0.3) is 0 Å². The highest BCUT2D eigenvalue weighted by molar-refractivity contribution is 5.89. The van der Waals surface area contributed by atoms with Gasteiger partial charge in [-0.3, -0.25) is 0 Å². The van der Waals surface area contributed by atoms with Gasteiger partial charge in [0.15, 0.2) is 5.60 Å². The van der Waals surface area contributed by atoms with Crippen molar-refractivity contribution in [3.63, 3.8) is 0 Å². The first-order valence-corrected chi connectivity index (χ1v) is 9.11. The lowest BCUT2D eigenvalue weighted by molar-refractivity contribution is -0.332. The molecular formula is C21H29F3O4. The molecule has 1 atom stereocenters. The normalized spacial score (nSPS) is 15.1. The number of rotatable bonds is 8. The quantitative estimate of drug-likeness (QED) is 0.365. The molecule has 0 spiro atoms. The van der Waals surface area contributed by atoms with Gasteiger partial charge in [-0.1, -0.05) is 38.6 Å². The monoisotopic (exact) mass is 402 g/mol. The van der Waals surface area contributed by atoms with E-state index >= 15 is 0 Å². The van der Waals surface area contributed by atoms with Crippen molar-refractivity contribution in [2.75, 3.05) is 0 Å². The fraction of sp³-hybridized carbons (Fsp3) is 0.571. The van der Waals surface area contributed by atoms with Crippen molar-refractivity contribution in [1.82, 2.24) is 0 Å². The predicted octanol–water partition coefficient (Wildman–Crippen LogP) is 5.29. The van der Waals surface area contributed by atoms with E-state index in [4.69, 9.17) is 9.47 Å². The number of aliphatic hydroxyl groups is 1. The lowest BCUT2D eigenvalue weighted by atomic mass is 9.82. The zero-order chi connectivity index (χ0) is 22.0. The standard InChI is InChI=1S/C21H29F3O4/c1-8-20(9-2,28-18(5,6)19(7,26)21(22,23)24)15-12-10-11-13-16(15)27-17(25)14(3)4/h10-13,26H,3,8-9H2,1-2,4-7H3. The van der Waals surface area contributed by atoms with E-state index in [9.17, 15) is 23.1 Å². The molecule has 28 heavy (non-hydrogen) atoms. The molecular weight excluding hydrogens is 373 g/mol. The Labute approximate surface area is 164 Å². The average Bonchev–Trinajstić information content (AvgIpc) is 2.59. The minimum absolute atomic E-state index is 0.182. The molecule has 0 bridgehead atoms. The predicted molar refractivity (Wildman–Crippen MR) is 101 cm³/mol. The summed E-state index contributed by atoms with van der Waals surface area (Å²) >= 11 is 0. The summed E-state index contributed by atoms with van der Waals surface area (Å²) in [7, 11) is 0. The number of ether oxygens (including phenoxy) is 2. The number of esters is 1. The summed E-state index contributed by atoms with van der Waals surface area (Å²) in [5.41, 5.74) is -5.68. The third-order valence-corrected chi connectivity index (χ3v) is 5.25. The largest absolute Gasteiger partial charge is 0.423 e. The Hall–Kier alpha value is -1.86. The number of halogens is 3. The molecule has 1 aromatic rings. The zero-order valence-electron chi connectivity index (χ0n) is 17.2. The van der Waals surface area contributed by atoms with Crippen LogP contribution in [0.25, 0.3) is 0 Å². The van der Waals surface area contributed by atoms with E-state index < -0.39 is 28.9 Å². The van der Waals surface area contributed by atoms with Crippen LogP contribution in [0, 0.1) is 0 Å². The highest BCUT2D eigenvalue weighted by atomic mass is 19.4. The van der Waals surface area contributed by atoms with Gasteiger partial charge in [0.1, 0.15) is 11.4 Å². The molecule has 0 aliphatic heterocycles. The molecule has 1 rings (SSSR count). The molecule has 0 aliphatic rings. The molecule has 0 amide bonds. The molecule has 4 nitrogen and oxygen atoms in total. The summed E-state index contributed by atoms with van der Waals surface area (Å²) in [5.74, 6) is -0.461. The van der Waals surface area contributed by atoms with Gasteiger partial charge in [-0.05, 0) is 46.6 Å². The second-order valence-electron chi connectivity index (χ2n) is 7.55. The number of alkyl halides is 3. The summed E-state index contributed by atoms with van der Waals surface area (Å²) in [6, 6.07) is 6.53. The lowest BCUT2D eigenvalue weighted by Crippen LogP contribution is -2.61. The second kappa shape index (κ2) is 8.25. The third-order valence-electron chi connectivity index (χ3n) is 5.25. The van der Waals surface area contributed by atoms with Crippen LogP contribution in [0.15, 0.2) is 36.4 Å². The van der Waals surface area contributed by atoms with Crippen LogP contribution in [0.4, 0.5) is 13.2 Å². The molecule has 0 heterocycles. The first kappa shape index (κ1) is 24.2. The number of para-hydroxylation sites is 1. The molecule has 0 aliphatic carbocycles. The van der Waals surface area contributed by atoms with E-state index in [1.165, 1.54) is 20.8 Å². The van der Waals surface area contributed by atoms with Gasteiger partial charge in [0.2, 0.25) is 0 Å². The Morgan fingerprint density at radius 3 is 2.04 bits per heavy atom. The number of hydrogen-bond acceptors (Lipinski definition) is 4. The van der Waals surface area contributed by atoms with E-state index in [-0.39, 0.29) is 11.3 Å². The van der Waals surface area contributed by atoms with Crippen molar-refractivity contribution in [1.29, 1.82) is 0 Å². The summed E-state index contributed by atoms with van der Waals surface area (Å²) in [5, 5.41) is 10.2. The highest BCUT2D eigenvalue weighted by Gasteiger charge is 2.61. The van der Waals surface area contributed by atoms with Crippen LogP contribution in [0.1, 0.15) is 59.9 Å². The Morgan fingerprint density at radius 1 is 1.11 bits per heavy atom. The van der Waals surface area contributed by atoms with E-state index in [0.717, 1.165) is 0 Å². The molecule has 0 radical (unpaired) electrons. The van der Waals surface area contributed by atoms with Crippen molar-refractivity contribution >= 4 is 5.97 Å². The van der Waals surface area contributed by atoms with Crippen molar-refractivity contribution in [2.24, 2.45) is 0 Å². The lowest BCUT2D eigenvalue weighted by Gasteiger charge is -2.47. The van der Waals surface area contributed by atoms with Crippen LogP contribution in [0.3, 0.4) is 0 Å². The molecule has 0 aromatic heterocycles. The molecule has 0 fully saturated rings. The summed E-state index contributed by atoms with van der Waals surface area (Å²) in [6.07, 6.45) is -4.30. The fourth-order valence-electron chi connectivity index (χ4n) is 2.88. The third kappa shape index (κ3) is 4.58. The van der Waals surface area contributed by atoms with Crippen molar-refractivity contribution in [3.05, 3.63) is 42.0 Å². The maximum Gasteiger partial charge on any atom is 0.419 e. The Bertz CT molecular complexity index is 717. The van der Waals surface area contributed by atoms with Gasteiger partial charge in [0.05, 0.1) is 5.60 Å². The van der Waals surface area contributed by atoms with E-state index in [1.54, 1.807) is 38.1 Å². The zero-order valence-corrected chi connectivity index (χ0v) is 17.2. The number of hydrogen-bond donors (Lipinski definition) is 1. The minimum atomic E-state index is -4.89. The summed E-state index contributed by atoms with van der Waals surface area (Å²) < 4.78 is 51.7. The van der Waals surface area contributed by atoms with Gasteiger partial charge in [-0.2, -0.15) is 13.2 Å². The van der Waals surface area contributed by atoms with Gasteiger partial charge in [-0.15, -0.1) is 0 Å². The second-order valence-corrected chi connectivity index (χ2v) is 7.55. The fourth-order valence-corrected chi connectivity index (χ4v) is 2.88. The van der Waals surface area contributed by atoms with Gasteiger partial charge >= 0.3 is 12.1 Å². The smallest absolute Gasteiger partial charge is 0.419 e. The first-order chi connectivity index (χ1) is 12.6. The molecule has 1 aromatic carbocycles. The van der Waals surface area contributed by atoms with Gasteiger partial charge < -0.3 is 14.6 Å². The van der Waals surface area contributed by atoms with Crippen molar-refractivity contribution in [2.45, 2.75) is 77.4 Å². The Morgan fingerprint density at radius 2 is 1.61 bits per heavy atom. The van der Waals surface area contributed by atoms with Crippen LogP contribution >= 0.6 is 0 Å². The number of carbonyl (C=O) groups is 1. The van der Waals surface area contributed by atoms with E-state index in [0.29, 0.717) is 25.3 Å². The maximum atomic E-state index is 13.4. The van der Waals surface area contributed by atoms with Gasteiger partial charge in [0, 0.05) is 11.1 Å². The maximum absolute atomic E-state index is 13.4. The topological polar surface area (TPSA) is 55.8 Å². The summed E-state index contributed by atoms with van der Waals surface area (Å²) in [6.45, 7) is 11.6. The Kier molecular flexibility index (Phi) is 7.12. The molecule has 1 unspecified atom stereocenters. The van der Waals surface area contributed by atoms with Crippen molar-refractivity contribution in [3.8, 4) is 5.75 Å². The highest BCUT2D eigenvalue weighted by Crippen LogP contribution is 2.47. The van der Waals surface area contributed by atoms with Crippen LogP contribution < -0.4 is 4.74 Å². The number of benzene rings is 1. The van der Waals surface area contributed by atoms with Crippen molar-refractivity contribution < 1.29 is 32.5 Å². The summed E-state index contributed by atoms with van der Waals surface area (Å²) in [4.78, 5) is 12.0. The molecule has 1 N–H and O–H groups in total. The average molecular weight is 402 g/mol. The molecule has 158 valence electrons. The first-order valence-electron chi connectivity index (χ1n) is 9.11. The van der Waals surface area contributed by atoms with E-state index in [1.807, 2.05) is 0 Å². The van der Waals surface area contributed by atoms with Gasteiger partial charge in [-0.25, -0.2) is 4.79 Å². The molecule has 7 heteroatoms. The number of carbonyl (C=O) groups excluding carboxylic acids is 1. The van der Waals surface area contributed by atoms with E-state index in [2.05, 4.69) is 6.58 Å². The van der Waals surface area contributed by atoms with Crippen LogP contribution in [0.5, 0.6) is 5.75 Å². The Balaban J connectivity index is 3.49. The molecule has 0 saturated heterocycles. The minimum Gasteiger partial charge on any atom is -0.423 e. The van der Waals surface area contributed by atoms with Crippen LogP contribution in [-0.2, 0) is 15.1 Å². The molecule has 0 saturated carbocycles. The van der Waals surface area contributed by atoms with Crippen LogP contribution in [-0.4, -0.2) is 28.5 Å². The van der Waals surface area contributed by atoms with Crippen LogP contribution in [0.2, 0.25) is 0 Å².